The lowest BCUT2D eigenvalue weighted by Crippen LogP contribution is -2.26. The summed E-state index contributed by atoms with van der Waals surface area (Å²) in [5, 5.41) is 10.2. The molecular formula is C13H16N2O. The summed E-state index contributed by atoms with van der Waals surface area (Å²) in [6, 6.07) is 10.1. The molecular weight excluding hydrogens is 200 g/mol. The second-order valence-electron chi connectivity index (χ2n) is 3.65. The Bertz CT molecular complexity index is 465. The Balaban J connectivity index is 2.50. The van der Waals surface area contributed by atoms with Crippen molar-refractivity contribution in [2.75, 3.05) is 24.6 Å². The van der Waals surface area contributed by atoms with Crippen molar-refractivity contribution in [3.8, 4) is 0 Å². The normalized spacial score (nSPS) is 10.6. The molecule has 84 valence electrons. The standard InChI is InChI=1S/C13H16N2O/c1-2-15(9-10-16)13-7-8-14-12-6-4-3-5-11(12)13/h3-8,16H,2,9-10H2,1H3. The summed E-state index contributed by atoms with van der Waals surface area (Å²) in [5.41, 5.74) is 2.14. The molecule has 0 aliphatic rings. The van der Waals surface area contributed by atoms with Gasteiger partial charge in [0.05, 0.1) is 12.1 Å². The molecule has 0 saturated heterocycles. The maximum Gasteiger partial charge on any atom is 0.0722 e. The van der Waals surface area contributed by atoms with Crippen molar-refractivity contribution < 1.29 is 5.11 Å². The minimum atomic E-state index is 0.171. The zero-order chi connectivity index (χ0) is 11.4. The van der Waals surface area contributed by atoms with Gasteiger partial charge in [-0.05, 0) is 19.1 Å². The van der Waals surface area contributed by atoms with Crippen LogP contribution in [-0.2, 0) is 0 Å². The molecule has 0 amide bonds. The van der Waals surface area contributed by atoms with E-state index in [-0.39, 0.29) is 6.61 Å². The third-order valence-electron chi connectivity index (χ3n) is 2.72. The molecule has 2 aromatic rings. The molecule has 3 nitrogen and oxygen atoms in total. The maximum atomic E-state index is 9.04. The monoisotopic (exact) mass is 216 g/mol. The van der Waals surface area contributed by atoms with E-state index in [1.54, 1.807) is 0 Å². The molecule has 0 spiro atoms. The molecule has 1 N–H and O–H groups in total. The first-order valence-electron chi connectivity index (χ1n) is 5.56. The minimum Gasteiger partial charge on any atom is -0.395 e. The molecule has 0 aliphatic carbocycles. The number of rotatable bonds is 4. The fourth-order valence-electron chi connectivity index (χ4n) is 1.93. The number of aromatic nitrogens is 1. The van der Waals surface area contributed by atoms with E-state index in [1.807, 2.05) is 30.5 Å². The van der Waals surface area contributed by atoms with E-state index in [2.05, 4.69) is 22.9 Å². The molecule has 0 saturated carbocycles. The van der Waals surface area contributed by atoms with Gasteiger partial charge >= 0.3 is 0 Å². The smallest absolute Gasteiger partial charge is 0.0722 e. The highest BCUT2D eigenvalue weighted by Gasteiger charge is 2.07. The van der Waals surface area contributed by atoms with Gasteiger partial charge in [0.25, 0.3) is 0 Å². The van der Waals surface area contributed by atoms with Gasteiger partial charge in [-0.3, -0.25) is 4.98 Å². The van der Waals surface area contributed by atoms with Crippen LogP contribution in [0.25, 0.3) is 10.9 Å². The number of likely N-dealkylation sites (N-methyl/N-ethyl adjacent to an activating group) is 1. The average molecular weight is 216 g/mol. The average Bonchev–Trinajstić information content (AvgIpc) is 2.35. The number of nitrogens with zero attached hydrogens (tertiary/aromatic N) is 2. The van der Waals surface area contributed by atoms with E-state index in [0.717, 1.165) is 23.1 Å². The van der Waals surface area contributed by atoms with Gasteiger partial charge in [-0.1, -0.05) is 18.2 Å². The lowest BCUT2D eigenvalue weighted by molar-refractivity contribution is 0.302. The van der Waals surface area contributed by atoms with Crippen molar-refractivity contribution in [3.63, 3.8) is 0 Å². The van der Waals surface area contributed by atoms with Gasteiger partial charge in [-0.15, -0.1) is 0 Å². The zero-order valence-corrected chi connectivity index (χ0v) is 9.43. The maximum absolute atomic E-state index is 9.04. The number of fused-ring (bicyclic) bond motifs is 1. The van der Waals surface area contributed by atoms with Gasteiger partial charge in [0.15, 0.2) is 0 Å². The van der Waals surface area contributed by atoms with Crippen molar-refractivity contribution in [3.05, 3.63) is 36.5 Å². The van der Waals surface area contributed by atoms with Crippen LogP contribution in [0.3, 0.4) is 0 Å². The van der Waals surface area contributed by atoms with E-state index in [4.69, 9.17) is 5.11 Å². The first kappa shape index (κ1) is 10.9. The number of hydrogen-bond acceptors (Lipinski definition) is 3. The van der Waals surface area contributed by atoms with Crippen LogP contribution in [0.5, 0.6) is 0 Å². The lowest BCUT2D eigenvalue weighted by atomic mass is 10.1. The highest BCUT2D eigenvalue weighted by atomic mass is 16.3. The fourth-order valence-corrected chi connectivity index (χ4v) is 1.93. The molecule has 0 atom stereocenters. The number of hydrogen-bond donors (Lipinski definition) is 1. The van der Waals surface area contributed by atoms with Gasteiger partial charge in [0.1, 0.15) is 0 Å². The van der Waals surface area contributed by atoms with Gasteiger partial charge in [0, 0.05) is 30.4 Å². The second-order valence-corrected chi connectivity index (χ2v) is 3.65. The molecule has 0 aliphatic heterocycles. The van der Waals surface area contributed by atoms with Crippen LogP contribution in [0, 0.1) is 0 Å². The molecule has 0 fully saturated rings. The molecule has 3 heteroatoms. The number of pyridine rings is 1. The van der Waals surface area contributed by atoms with Crippen LogP contribution in [0.2, 0.25) is 0 Å². The molecule has 1 aromatic heterocycles. The van der Waals surface area contributed by atoms with Crippen LogP contribution in [-0.4, -0.2) is 29.8 Å². The molecule has 16 heavy (non-hydrogen) atoms. The third-order valence-corrected chi connectivity index (χ3v) is 2.72. The Morgan fingerprint density at radius 3 is 2.81 bits per heavy atom. The van der Waals surface area contributed by atoms with Crippen molar-refractivity contribution >= 4 is 16.6 Å². The van der Waals surface area contributed by atoms with Crippen LogP contribution in [0.4, 0.5) is 5.69 Å². The highest BCUT2D eigenvalue weighted by Crippen LogP contribution is 2.24. The molecule has 1 heterocycles. The summed E-state index contributed by atoms with van der Waals surface area (Å²) in [5.74, 6) is 0. The first-order valence-corrected chi connectivity index (χ1v) is 5.56. The van der Waals surface area contributed by atoms with E-state index in [9.17, 15) is 0 Å². The van der Waals surface area contributed by atoms with E-state index >= 15 is 0 Å². The SMILES string of the molecule is CCN(CCO)c1ccnc2ccccc12. The molecule has 0 bridgehead atoms. The minimum absolute atomic E-state index is 0.171. The first-order chi connectivity index (χ1) is 7.86. The Labute approximate surface area is 95.3 Å². The topological polar surface area (TPSA) is 36.4 Å². The Morgan fingerprint density at radius 2 is 2.06 bits per heavy atom. The molecule has 0 unspecified atom stereocenters. The number of para-hydroxylation sites is 1. The number of benzene rings is 1. The van der Waals surface area contributed by atoms with E-state index in [1.165, 1.54) is 0 Å². The van der Waals surface area contributed by atoms with Crippen LogP contribution >= 0.6 is 0 Å². The van der Waals surface area contributed by atoms with Gasteiger partial charge < -0.3 is 10.0 Å². The number of aliphatic hydroxyl groups excluding tert-OH is 1. The van der Waals surface area contributed by atoms with Gasteiger partial charge in [0.2, 0.25) is 0 Å². The summed E-state index contributed by atoms with van der Waals surface area (Å²) in [4.78, 5) is 6.49. The number of aliphatic hydroxyl groups is 1. The van der Waals surface area contributed by atoms with Crippen LogP contribution < -0.4 is 4.90 Å². The van der Waals surface area contributed by atoms with Crippen molar-refractivity contribution in [1.29, 1.82) is 0 Å². The molecule has 1 aromatic carbocycles. The summed E-state index contributed by atoms with van der Waals surface area (Å²) in [7, 11) is 0. The van der Waals surface area contributed by atoms with Gasteiger partial charge in [-0.2, -0.15) is 0 Å². The number of anilines is 1. The Hall–Kier alpha value is -1.61. The quantitative estimate of drug-likeness (QED) is 0.849. The highest BCUT2D eigenvalue weighted by molar-refractivity contribution is 5.91. The Morgan fingerprint density at radius 1 is 1.25 bits per heavy atom. The summed E-state index contributed by atoms with van der Waals surface area (Å²) < 4.78 is 0. The van der Waals surface area contributed by atoms with Crippen LogP contribution in [0.15, 0.2) is 36.5 Å². The molecule has 2 rings (SSSR count). The Kier molecular flexibility index (Phi) is 3.37. The largest absolute Gasteiger partial charge is 0.395 e. The van der Waals surface area contributed by atoms with Crippen molar-refractivity contribution in [2.45, 2.75) is 6.92 Å². The summed E-state index contributed by atoms with van der Waals surface area (Å²) in [6.45, 7) is 3.80. The van der Waals surface area contributed by atoms with E-state index < -0.39 is 0 Å². The van der Waals surface area contributed by atoms with E-state index in [0.29, 0.717) is 6.54 Å². The fraction of sp³-hybridized carbons (Fsp3) is 0.308. The summed E-state index contributed by atoms with van der Waals surface area (Å²) in [6.07, 6.45) is 1.82. The van der Waals surface area contributed by atoms with Crippen LogP contribution in [0.1, 0.15) is 6.92 Å². The molecule has 0 radical (unpaired) electrons. The third kappa shape index (κ3) is 1.99. The van der Waals surface area contributed by atoms with Crippen molar-refractivity contribution in [1.82, 2.24) is 4.98 Å². The summed E-state index contributed by atoms with van der Waals surface area (Å²) >= 11 is 0. The lowest BCUT2D eigenvalue weighted by Gasteiger charge is -2.23. The zero-order valence-electron chi connectivity index (χ0n) is 9.43. The van der Waals surface area contributed by atoms with Crippen molar-refractivity contribution in [2.24, 2.45) is 0 Å². The predicted octanol–water partition coefficient (Wildman–Crippen LogP) is 2.05. The predicted molar refractivity (Wildman–Crippen MR) is 66.7 cm³/mol. The van der Waals surface area contributed by atoms with Gasteiger partial charge in [-0.25, -0.2) is 0 Å². The second kappa shape index (κ2) is 4.94.